The molecule has 0 amide bonds. The van der Waals surface area contributed by atoms with Crippen LogP contribution >= 0.6 is 15.9 Å². The highest BCUT2D eigenvalue weighted by Crippen LogP contribution is 2.23. The smallest absolute Gasteiger partial charge is 0.151 e. The van der Waals surface area contributed by atoms with E-state index in [1.165, 1.54) is 0 Å². The average molecular weight is 288 g/mol. The van der Waals surface area contributed by atoms with Gasteiger partial charge in [-0.05, 0) is 25.1 Å². The summed E-state index contributed by atoms with van der Waals surface area (Å²) < 4.78 is 14.2. The van der Waals surface area contributed by atoms with Gasteiger partial charge in [0, 0.05) is 21.1 Å². The molecule has 1 aromatic heterocycles. The Hall–Kier alpha value is -0.830. The molecule has 0 atom stereocenters. The van der Waals surface area contributed by atoms with E-state index < -0.39 is 0 Å². The number of rotatable bonds is 0. The molecule has 1 heterocycles. The van der Waals surface area contributed by atoms with Gasteiger partial charge in [-0.3, -0.25) is 0 Å². The van der Waals surface area contributed by atoms with E-state index >= 15 is 0 Å². The number of halogens is 2. The maximum atomic E-state index is 13.3. The number of benzene rings is 1. The highest BCUT2D eigenvalue weighted by molar-refractivity contribution is 9.10. The fraction of sp³-hybridized carbons (Fsp3) is 0.385. The van der Waals surface area contributed by atoms with Crippen LogP contribution in [0.15, 0.2) is 22.7 Å². The van der Waals surface area contributed by atoms with Gasteiger partial charge in [0.25, 0.3) is 0 Å². The molecule has 0 spiro atoms. The average Bonchev–Trinajstić information content (AvgIpc) is 2.61. The van der Waals surface area contributed by atoms with E-state index in [0.717, 1.165) is 9.99 Å². The van der Waals surface area contributed by atoms with Gasteiger partial charge in [-0.25, -0.2) is 4.39 Å². The number of H-pyrrole nitrogens is 1. The van der Waals surface area contributed by atoms with Crippen molar-refractivity contribution in [3.8, 4) is 0 Å². The Kier molecular flexibility index (Phi) is 7.06. The van der Waals surface area contributed by atoms with Crippen molar-refractivity contribution in [2.24, 2.45) is 0 Å². The topological polar surface area (TPSA) is 15.8 Å². The second-order valence-electron chi connectivity index (χ2n) is 2.75. The summed E-state index contributed by atoms with van der Waals surface area (Å²) in [6, 6.07) is 5.52. The molecule has 3 heteroatoms. The quantitative estimate of drug-likeness (QED) is 0.665. The van der Waals surface area contributed by atoms with E-state index in [0.29, 0.717) is 11.1 Å². The lowest BCUT2D eigenvalue weighted by molar-refractivity contribution is 0.629. The molecule has 1 N–H and O–H groups in total. The first-order chi connectivity index (χ1) is 7.68. The lowest BCUT2D eigenvalue weighted by Gasteiger charge is -1.90. The van der Waals surface area contributed by atoms with Crippen molar-refractivity contribution in [3.63, 3.8) is 0 Å². The molecule has 2 rings (SSSR count). The maximum absolute atomic E-state index is 13.3. The van der Waals surface area contributed by atoms with Crippen molar-refractivity contribution >= 4 is 26.8 Å². The highest BCUT2D eigenvalue weighted by atomic mass is 79.9. The van der Waals surface area contributed by atoms with Crippen molar-refractivity contribution < 1.29 is 4.39 Å². The molecule has 0 bridgehead atoms. The molecule has 0 fully saturated rings. The molecule has 0 unspecified atom stereocenters. The van der Waals surface area contributed by atoms with Gasteiger partial charge in [0.15, 0.2) is 5.82 Å². The van der Waals surface area contributed by atoms with Crippen LogP contribution in [-0.4, -0.2) is 4.98 Å². The van der Waals surface area contributed by atoms with Gasteiger partial charge in [-0.2, -0.15) is 0 Å². The zero-order valence-corrected chi connectivity index (χ0v) is 12.1. The summed E-state index contributed by atoms with van der Waals surface area (Å²) in [5.41, 5.74) is 1.43. The molecule has 0 aliphatic carbocycles. The van der Waals surface area contributed by atoms with Crippen LogP contribution in [0.25, 0.3) is 10.9 Å². The number of fused-ring (bicyclic) bond motifs is 1. The minimum Gasteiger partial charge on any atom is -0.356 e. The molecule has 0 saturated carbocycles. The number of aryl methyl sites for hydroxylation is 1. The normalized spacial score (nSPS) is 8.94. The first-order valence-corrected chi connectivity index (χ1v) is 6.41. The SMILES string of the molecule is CC.CC.Cc1[nH]c2ccc(Br)cc2c1F. The largest absolute Gasteiger partial charge is 0.356 e. The molecular weight excluding hydrogens is 269 g/mol. The highest BCUT2D eigenvalue weighted by Gasteiger charge is 2.06. The molecule has 16 heavy (non-hydrogen) atoms. The predicted molar refractivity (Wildman–Crippen MR) is 73.4 cm³/mol. The van der Waals surface area contributed by atoms with Crippen LogP contribution in [0.2, 0.25) is 0 Å². The van der Waals surface area contributed by atoms with E-state index in [-0.39, 0.29) is 5.82 Å². The first kappa shape index (κ1) is 15.2. The van der Waals surface area contributed by atoms with Crippen LogP contribution in [0.5, 0.6) is 0 Å². The lowest BCUT2D eigenvalue weighted by Crippen LogP contribution is -1.72. The second-order valence-corrected chi connectivity index (χ2v) is 3.67. The third-order valence-electron chi connectivity index (χ3n) is 1.87. The van der Waals surface area contributed by atoms with Gasteiger partial charge >= 0.3 is 0 Å². The summed E-state index contributed by atoms with van der Waals surface area (Å²) in [5, 5.41) is 0.641. The van der Waals surface area contributed by atoms with Crippen LogP contribution in [0.3, 0.4) is 0 Å². The Labute approximate surface area is 105 Å². The van der Waals surface area contributed by atoms with E-state index in [1.54, 1.807) is 13.0 Å². The zero-order chi connectivity index (χ0) is 12.7. The van der Waals surface area contributed by atoms with E-state index in [9.17, 15) is 4.39 Å². The first-order valence-electron chi connectivity index (χ1n) is 5.62. The van der Waals surface area contributed by atoms with E-state index in [1.807, 2.05) is 39.8 Å². The van der Waals surface area contributed by atoms with Crippen molar-refractivity contribution in [2.45, 2.75) is 34.6 Å². The standard InChI is InChI=1S/C9H7BrFN.2C2H6/c1-5-9(11)7-4-6(10)2-3-8(7)12-5;2*1-2/h2-4,12H,1H3;2*1-2H3. The maximum Gasteiger partial charge on any atom is 0.151 e. The minimum absolute atomic E-state index is 0.161. The fourth-order valence-corrected chi connectivity index (χ4v) is 1.63. The van der Waals surface area contributed by atoms with E-state index in [2.05, 4.69) is 20.9 Å². The van der Waals surface area contributed by atoms with Crippen LogP contribution in [0, 0.1) is 12.7 Å². The third kappa shape index (κ3) is 3.34. The number of aromatic nitrogens is 1. The van der Waals surface area contributed by atoms with Crippen molar-refractivity contribution in [3.05, 3.63) is 34.2 Å². The second kappa shape index (κ2) is 7.44. The Morgan fingerprint density at radius 1 is 1.12 bits per heavy atom. The molecule has 0 radical (unpaired) electrons. The number of aromatic amines is 1. The summed E-state index contributed by atoms with van der Waals surface area (Å²) in [7, 11) is 0. The molecule has 0 saturated heterocycles. The summed E-state index contributed by atoms with van der Waals surface area (Å²) in [4.78, 5) is 2.96. The summed E-state index contributed by atoms with van der Waals surface area (Å²) >= 11 is 3.30. The van der Waals surface area contributed by atoms with Crippen molar-refractivity contribution in [1.82, 2.24) is 4.98 Å². The Morgan fingerprint density at radius 3 is 2.25 bits per heavy atom. The predicted octanol–water partition coefficient (Wildman–Crippen LogP) is 5.43. The van der Waals surface area contributed by atoms with Crippen LogP contribution in [0.4, 0.5) is 4.39 Å². The van der Waals surface area contributed by atoms with Gasteiger partial charge in [-0.15, -0.1) is 0 Å². The van der Waals surface area contributed by atoms with Gasteiger partial charge < -0.3 is 4.98 Å². The minimum atomic E-state index is -0.161. The molecule has 90 valence electrons. The Morgan fingerprint density at radius 2 is 1.69 bits per heavy atom. The number of hydrogen-bond donors (Lipinski definition) is 1. The third-order valence-corrected chi connectivity index (χ3v) is 2.36. The lowest BCUT2D eigenvalue weighted by atomic mass is 10.2. The van der Waals surface area contributed by atoms with E-state index in [4.69, 9.17) is 0 Å². The molecule has 1 nitrogen and oxygen atoms in total. The summed E-state index contributed by atoms with van der Waals surface area (Å²) in [5.74, 6) is -0.161. The van der Waals surface area contributed by atoms with Crippen LogP contribution < -0.4 is 0 Å². The zero-order valence-electron chi connectivity index (χ0n) is 10.5. The van der Waals surface area contributed by atoms with Crippen molar-refractivity contribution in [2.75, 3.05) is 0 Å². The summed E-state index contributed by atoms with van der Waals surface area (Å²) in [6.07, 6.45) is 0. The number of hydrogen-bond acceptors (Lipinski definition) is 0. The number of nitrogens with one attached hydrogen (secondary N) is 1. The molecule has 1 aromatic carbocycles. The van der Waals surface area contributed by atoms with Gasteiger partial charge in [0.05, 0.1) is 0 Å². The van der Waals surface area contributed by atoms with Crippen LogP contribution in [-0.2, 0) is 0 Å². The van der Waals surface area contributed by atoms with Gasteiger partial charge in [0.1, 0.15) is 0 Å². The Balaban J connectivity index is 0.000000509. The van der Waals surface area contributed by atoms with Gasteiger partial charge in [0.2, 0.25) is 0 Å². The molecule has 2 aromatic rings. The molecular formula is C13H19BrFN. The molecule has 0 aliphatic heterocycles. The summed E-state index contributed by atoms with van der Waals surface area (Å²) in [6.45, 7) is 9.73. The van der Waals surface area contributed by atoms with Crippen molar-refractivity contribution in [1.29, 1.82) is 0 Å². The van der Waals surface area contributed by atoms with Crippen LogP contribution in [0.1, 0.15) is 33.4 Å². The monoisotopic (exact) mass is 287 g/mol. The molecule has 0 aliphatic rings. The fourth-order valence-electron chi connectivity index (χ4n) is 1.27. The van der Waals surface area contributed by atoms with Gasteiger partial charge in [-0.1, -0.05) is 43.6 Å². The Bertz CT molecular complexity index is 435.